The second-order valence-electron chi connectivity index (χ2n) is 5.02. The van der Waals surface area contributed by atoms with Crippen LogP contribution in [0.25, 0.3) is 11.5 Å². The lowest BCUT2D eigenvalue weighted by atomic mass is 9.88. The van der Waals surface area contributed by atoms with E-state index in [0.717, 1.165) is 16.5 Å². The summed E-state index contributed by atoms with van der Waals surface area (Å²) in [6.07, 6.45) is 0. The number of aromatic nitrogens is 1. The number of rotatable bonds is 2. The van der Waals surface area contributed by atoms with Crippen molar-refractivity contribution in [3.63, 3.8) is 0 Å². The molecule has 0 fully saturated rings. The SMILES string of the molecule is CC(C)(C)C(N)c1nc(-c2ccc(Br)o2)cs1. The van der Waals surface area contributed by atoms with E-state index in [2.05, 4.69) is 41.7 Å². The summed E-state index contributed by atoms with van der Waals surface area (Å²) in [6.45, 7) is 6.34. The average molecular weight is 315 g/mol. The van der Waals surface area contributed by atoms with E-state index in [1.807, 2.05) is 17.5 Å². The van der Waals surface area contributed by atoms with Crippen molar-refractivity contribution in [1.29, 1.82) is 0 Å². The Labute approximate surface area is 113 Å². The van der Waals surface area contributed by atoms with Crippen LogP contribution in [-0.2, 0) is 0 Å². The highest BCUT2D eigenvalue weighted by Gasteiger charge is 2.25. The lowest BCUT2D eigenvalue weighted by molar-refractivity contribution is 0.326. The van der Waals surface area contributed by atoms with Crippen molar-refractivity contribution in [3.05, 3.63) is 27.2 Å². The highest BCUT2D eigenvalue weighted by molar-refractivity contribution is 9.10. The van der Waals surface area contributed by atoms with Gasteiger partial charge in [-0.3, -0.25) is 0 Å². The second kappa shape index (κ2) is 4.55. The van der Waals surface area contributed by atoms with Gasteiger partial charge in [-0.15, -0.1) is 11.3 Å². The fourth-order valence-corrected chi connectivity index (χ4v) is 2.73. The second-order valence-corrected chi connectivity index (χ2v) is 6.69. The Morgan fingerprint density at radius 2 is 2.12 bits per heavy atom. The van der Waals surface area contributed by atoms with Crippen molar-refractivity contribution < 1.29 is 4.42 Å². The predicted octanol–water partition coefficient (Wildman–Crippen LogP) is 4.21. The van der Waals surface area contributed by atoms with E-state index in [1.165, 1.54) is 0 Å². The Bertz CT molecular complexity index is 513. The number of nitrogens with two attached hydrogens (primary N) is 1. The number of furan rings is 1. The minimum atomic E-state index is -0.0559. The van der Waals surface area contributed by atoms with Crippen molar-refractivity contribution in [3.8, 4) is 11.5 Å². The van der Waals surface area contributed by atoms with E-state index in [-0.39, 0.29) is 11.5 Å². The molecule has 2 aromatic rings. The molecule has 0 spiro atoms. The summed E-state index contributed by atoms with van der Waals surface area (Å²) >= 11 is 4.86. The van der Waals surface area contributed by atoms with Crippen LogP contribution in [0, 0.1) is 5.41 Å². The Morgan fingerprint density at radius 3 is 2.65 bits per heavy atom. The largest absolute Gasteiger partial charge is 0.448 e. The lowest BCUT2D eigenvalue weighted by Crippen LogP contribution is -2.26. The molecule has 2 heterocycles. The van der Waals surface area contributed by atoms with Gasteiger partial charge in [0.15, 0.2) is 10.4 Å². The molecule has 0 saturated carbocycles. The molecule has 2 rings (SSSR count). The maximum atomic E-state index is 6.18. The molecule has 0 saturated heterocycles. The van der Waals surface area contributed by atoms with Crippen LogP contribution in [0.1, 0.15) is 31.8 Å². The summed E-state index contributed by atoms with van der Waals surface area (Å²) in [6, 6.07) is 3.70. The number of nitrogens with zero attached hydrogens (tertiary/aromatic N) is 1. The molecule has 0 aliphatic heterocycles. The molecule has 3 nitrogen and oxygen atoms in total. The summed E-state index contributed by atoms with van der Waals surface area (Å²) in [5.41, 5.74) is 7.03. The lowest BCUT2D eigenvalue weighted by Gasteiger charge is -2.24. The molecule has 0 amide bonds. The molecule has 2 N–H and O–H groups in total. The average Bonchev–Trinajstić information content (AvgIpc) is 2.83. The summed E-state index contributed by atoms with van der Waals surface area (Å²) in [4.78, 5) is 4.54. The van der Waals surface area contributed by atoms with E-state index in [1.54, 1.807) is 11.3 Å². The Balaban J connectivity index is 2.28. The van der Waals surface area contributed by atoms with Gasteiger partial charge in [-0.05, 0) is 33.5 Å². The van der Waals surface area contributed by atoms with Crippen LogP contribution >= 0.6 is 27.3 Å². The van der Waals surface area contributed by atoms with Crippen molar-refractivity contribution in [2.75, 3.05) is 0 Å². The highest BCUT2D eigenvalue weighted by atomic mass is 79.9. The summed E-state index contributed by atoms with van der Waals surface area (Å²) in [7, 11) is 0. The third kappa shape index (κ3) is 2.78. The van der Waals surface area contributed by atoms with Gasteiger partial charge in [-0.1, -0.05) is 20.8 Å². The minimum absolute atomic E-state index is 0.0128. The molecule has 92 valence electrons. The van der Waals surface area contributed by atoms with Crippen molar-refractivity contribution in [2.45, 2.75) is 26.8 Å². The first kappa shape index (κ1) is 12.8. The van der Waals surface area contributed by atoms with Crippen LogP contribution < -0.4 is 5.73 Å². The minimum Gasteiger partial charge on any atom is -0.448 e. The van der Waals surface area contributed by atoms with Gasteiger partial charge >= 0.3 is 0 Å². The van der Waals surface area contributed by atoms with Crippen molar-refractivity contribution >= 4 is 27.3 Å². The fraction of sp³-hybridized carbons (Fsp3) is 0.417. The maximum Gasteiger partial charge on any atom is 0.169 e. The molecular weight excluding hydrogens is 300 g/mol. The van der Waals surface area contributed by atoms with Crippen LogP contribution in [0.15, 0.2) is 26.6 Å². The Morgan fingerprint density at radius 1 is 1.41 bits per heavy atom. The number of hydrogen-bond donors (Lipinski definition) is 1. The smallest absolute Gasteiger partial charge is 0.169 e. The summed E-state index contributed by atoms with van der Waals surface area (Å²) in [5.74, 6) is 0.764. The molecule has 1 unspecified atom stereocenters. The molecule has 17 heavy (non-hydrogen) atoms. The summed E-state index contributed by atoms with van der Waals surface area (Å²) in [5, 5.41) is 2.92. The van der Waals surface area contributed by atoms with Crippen LogP contribution in [0.5, 0.6) is 0 Å². The van der Waals surface area contributed by atoms with Crippen molar-refractivity contribution in [2.24, 2.45) is 11.1 Å². The quantitative estimate of drug-likeness (QED) is 0.903. The first-order chi connectivity index (χ1) is 7.88. The third-order valence-electron chi connectivity index (χ3n) is 2.55. The van der Waals surface area contributed by atoms with Gasteiger partial charge in [0.2, 0.25) is 0 Å². The van der Waals surface area contributed by atoms with E-state index in [4.69, 9.17) is 10.2 Å². The van der Waals surface area contributed by atoms with Crippen molar-refractivity contribution in [1.82, 2.24) is 4.98 Å². The molecule has 2 aromatic heterocycles. The number of thiazole rings is 1. The Hall–Kier alpha value is -0.650. The molecule has 0 bridgehead atoms. The molecular formula is C12H15BrN2OS. The molecule has 0 aromatic carbocycles. The Kier molecular flexibility index (Phi) is 3.43. The monoisotopic (exact) mass is 314 g/mol. The van der Waals surface area contributed by atoms with Gasteiger partial charge in [-0.2, -0.15) is 0 Å². The zero-order valence-electron chi connectivity index (χ0n) is 10.0. The van der Waals surface area contributed by atoms with E-state index in [9.17, 15) is 0 Å². The first-order valence-corrected chi connectivity index (χ1v) is 7.02. The number of hydrogen-bond acceptors (Lipinski definition) is 4. The predicted molar refractivity (Wildman–Crippen MR) is 73.9 cm³/mol. The van der Waals surface area contributed by atoms with Crippen LogP contribution in [0.4, 0.5) is 0 Å². The van der Waals surface area contributed by atoms with E-state index in [0.29, 0.717) is 4.67 Å². The van der Waals surface area contributed by atoms with Gasteiger partial charge in [0.25, 0.3) is 0 Å². The van der Waals surface area contributed by atoms with Gasteiger partial charge < -0.3 is 10.2 Å². The number of halogens is 1. The zero-order chi connectivity index (χ0) is 12.6. The van der Waals surface area contributed by atoms with Crippen LogP contribution in [-0.4, -0.2) is 4.98 Å². The normalized spacial score (nSPS) is 13.9. The molecule has 5 heteroatoms. The molecule has 0 aliphatic carbocycles. The van der Waals surface area contributed by atoms with Gasteiger partial charge in [0.1, 0.15) is 10.7 Å². The maximum absolute atomic E-state index is 6.18. The highest BCUT2D eigenvalue weighted by Crippen LogP contribution is 2.34. The zero-order valence-corrected chi connectivity index (χ0v) is 12.4. The molecule has 0 radical (unpaired) electrons. The molecule has 1 atom stereocenters. The van der Waals surface area contributed by atoms with E-state index < -0.39 is 0 Å². The fourth-order valence-electron chi connectivity index (χ4n) is 1.37. The summed E-state index contributed by atoms with van der Waals surface area (Å²) < 4.78 is 6.18. The third-order valence-corrected chi connectivity index (χ3v) is 3.90. The van der Waals surface area contributed by atoms with Gasteiger partial charge in [0, 0.05) is 5.38 Å². The molecule has 0 aliphatic rings. The van der Waals surface area contributed by atoms with Gasteiger partial charge in [0.05, 0.1) is 6.04 Å². The van der Waals surface area contributed by atoms with Crippen LogP contribution in [0.2, 0.25) is 0 Å². The van der Waals surface area contributed by atoms with Gasteiger partial charge in [-0.25, -0.2) is 4.98 Å². The van der Waals surface area contributed by atoms with Crippen LogP contribution in [0.3, 0.4) is 0 Å². The topological polar surface area (TPSA) is 52.0 Å². The van der Waals surface area contributed by atoms with E-state index >= 15 is 0 Å². The first-order valence-electron chi connectivity index (χ1n) is 5.34. The standard InChI is InChI=1S/C12H15BrN2OS/c1-12(2,3)10(14)11-15-7(6-17-11)8-4-5-9(13)16-8/h4-6,10H,14H2,1-3H3.